The Morgan fingerprint density at radius 1 is 1.60 bits per heavy atom. The van der Waals surface area contributed by atoms with Gasteiger partial charge in [-0.2, -0.15) is 0 Å². The van der Waals surface area contributed by atoms with Crippen molar-refractivity contribution in [2.75, 3.05) is 5.73 Å². The summed E-state index contributed by atoms with van der Waals surface area (Å²) in [6, 6.07) is 1.65. The number of anilines is 1. The summed E-state index contributed by atoms with van der Waals surface area (Å²) < 4.78 is 2.27. The second kappa shape index (κ2) is 4.00. The van der Waals surface area contributed by atoms with Crippen LogP contribution in [0, 0.1) is 11.8 Å². The van der Waals surface area contributed by atoms with Crippen molar-refractivity contribution < 1.29 is 0 Å². The highest BCUT2D eigenvalue weighted by atomic mass is 79.9. The quantitative estimate of drug-likeness (QED) is 0.896. The summed E-state index contributed by atoms with van der Waals surface area (Å²) in [6.45, 7) is 3.04. The predicted octanol–water partition coefficient (Wildman–Crippen LogP) is 2.24. The zero-order valence-electron chi connectivity index (χ0n) is 8.74. The largest absolute Gasteiger partial charge is 0.398 e. The van der Waals surface area contributed by atoms with Crippen LogP contribution in [0.2, 0.25) is 0 Å². The number of hydrogen-bond acceptors (Lipinski definition) is 2. The zero-order chi connectivity index (χ0) is 11.0. The van der Waals surface area contributed by atoms with Gasteiger partial charge >= 0.3 is 0 Å². The van der Waals surface area contributed by atoms with Crippen LogP contribution in [0.5, 0.6) is 0 Å². The van der Waals surface area contributed by atoms with Crippen molar-refractivity contribution in [3.05, 3.63) is 27.1 Å². The molecule has 2 rings (SSSR count). The van der Waals surface area contributed by atoms with E-state index in [0.717, 1.165) is 12.5 Å². The van der Waals surface area contributed by atoms with Crippen molar-refractivity contribution in [3.63, 3.8) is 0 Å². The maximum Gasteiger partial charge on any atom is 0.264 e. The van der Waals surface area contributed by atoms with Crippen molar-refractivity contribution in [2.24, 2.45) is 11.8 Å². The predicted molar refractivity (Wildman–Crippen MR) is 64.7 cm³/mol. The Morgan fingerprint density at radius 2 is 2.27 bits per heavy atom. The molecule has 1 fully saturated rings. The molecule has 82 valence electrons. The first-order chi connectivity index (χ1) is 7.06. The summed E-state index contributed by atoms with van der Waals surface area (Å²) in [5.74, 6) is 1.46. The Morgan fingerprint density at radius 3 is 2.87 bits per heavy atom. The number of pyridine rings is 1. The van der Waals surface area contributed by atoms with Crippen LogP contribution in [0.15, 0.2) is 21.5 Å². The molecule has 15 heavy (non-hydrogen) atoms. The maximum absolute atomic E-state index is 11.7. The van der Waals surface area contributed by atoms with Gasteiger partial charge in [0.2, 0.25) is 0 Å². The van der Waals surface area contributed by atoms with Crippen LogP contribution in [0.1, 0.15) is 19.8 Å². The number of halogens is 1. The highest BCUT2D eigenvalue weighted by molar-refractivity contribution is 9.10. The smallest absolute Gasteiger partial charge is 0.264 e. The van der Waals surface area contributed by atoms with Crippen LogP contribution < -0.4 is 11.3 Å². The number of nitrogens with zero attached hydrogens (tertiary/aromatic N) is 1. The molecule has 0 spiro atoms. The zero-order valence-corrected chi connectivity index (χ0v) is 10.3. The van der Waals surface area contributed by atoms with Gasteiger partial charge in [-0.25, -0.2) is 0 Å². The maximum atomic E-state index is 11.7. The molecular formula is C11H15BrN2O. The first-order valence-electron chi connectivity index (χ1n) is 5.21. The van der Waals surface area contributed by atoms with Crippen LogP contribution in [0.25, 0.3) is 0 Å². The van der Waals surface area contributed by atoms with Gasteiger partial charge in [0.25, 0.3) is 5.56 Å². The fourth-order valence-corrected chi connectivity index (χ4v) is 2.75. The van der Waals surface area contributed by atoms with E-state index >= 15 is 0 Å². The van der Waals surface area contributed by atoms with Gasteiger partial charge in [0.15, 0.2) is 0 Å². The minimum Gasteiger partial charge on any atom is -0.398 e. The number of hydrogen-bond donors (Lipinski definition) is 1. The fraction of sp³-hybridized carbons (Fsp3) is 0.545. The molecule has 1 aromatic heterocycles. The van der Waals surface area contributed by atoms with Crippen LogP contribution in [0.3, 0.4) is 0 Å². The molecule has 1 aliphatic rings. The first-order valence-corrected chi connectivity index (χ1v) is 6.01. The van der Waals surface area contributed by atoms with Crippen molar-refractivity contribution in [3.8, 4) is 0 Å². The average molecular weight is 271 g/mol. The van der Waals surface area contributed by atoms with E-state index in [0.29, 0.717) is 16.1 Å². The van der Waals surface area contributed by atoms with Crippen molar-refractivity contribution >= 4 is 21.6 Å². The summed E-state index contributed by atoms with van der Waals surface area (Å²) in [7, 11) is 0. The van der Waals surface area contributed by atoms with Gasteiger partial charge in [-0.3, -0.25) is 4.79 Å². The van der Waals surface area contributed by atoms with Gasteiger partial charge in [0.05, 0.1) is 4.47 Å². The number of rotatable bonds is 2. The normalized spacial score (nSPS) is 24.9. The van der Waals surface area contributed by atoms with E-state index in [9.17, 15) is 4.79 Å². The third kappa shape index (κ3) is 2.25. The minimum absolute atomic E-state index is 0.0174. The highest BCUT2D eigenvalue weighted by Gasteiger charge is 2.25. The lowest BCUT2D eigenvalue weighted by Gasteiger charge is -2.33. The Balaban J connectivity index is 2.17. The second-order valence-corrected chi connectivity index (χ2v) is 5.38. The monoisotopic (exact) mass is 270 g/mol. The lowest BCUT2D eigenvalue weighted by Crippen LogP contribution is -2.30. The summed E-state index contributed by atoms with van der Waals surface area (Å²) in [5.41, 5.74) is 6.35. The molecular weight excluding hydrogens is 256 g/mol. The Hall–Kier alpha value is -0.770. The highest BCUT2D eigenvalue weighted by Crippen LogP contribution is 2.33. The molecule has 0 aromatic carbocycles. The number of aromatic nitrogens is 1. The van der Waals surface area contributed by atoms with Crippen molar-refractivity contribution in [1.29, 1.82) is 0 Å². The van der Waals surface area contributed by atoms with Crippen LogP contribution in [-0.2, 0) is 6.54 Å². The Kier molecular flexibility index (Phi) is 2.87. The van der Waals surface area contributed by atoms with E-state index in [1.165, 1.54) is 12.8 Å². The van der Waals surface area contributed by atoms with E-state index in [1.54, 1.807) is 16.8 Å². The van der Waals surface area contributed by atoms with Gasteiger partial charge in [-0.15, -0.1) is 0 Å². The van der Waals surface area contributed by atoms with Gasteiger partial charge in [-0.05, 0) is 46.7 Å². The lowest BCUT2D eigenvalue weighted by molar-refractivity contribution is 0.186. The molecule has 0 radical (unpaired) electrons. The summed E-state index contributed by atoms with van der Waals surface area (Å²) >= 11 is 3.23. The summed E-state index contributed by atoms with van der Waals surface area (Å²) in [5, 5.41) is 0. The molecule has 4 heteroatoms. The molecule has 2 N–H and O–H groups in total. The second-order valence-electron chi connectivity index (χ2n) is 4.52. The van der Waals surface area contributed by atoms with E-state index < -0.39 is 0 Å². The molecule has 1 aromatic rings. The molecule has 0 bridgehead atoms. The van der Waals surface area contributed by atoms with Crippen LogP contribution in [0.4, 0.5) is 5.69 Å². The SMILES string of the molecule is CC1CC(Cn2cc(N)cc(Br)c2=O)C1. The molecule has 1 saturated carbocycles. The molecule has 3 nitrogen and oxygen atoms in total. The number of nitrogens with two attached hydrogens (primary N) is 1. The van der Waals surface area contributed by atoms with Crippen LogP contribution in [-0.4, -0.2) is 4.57 Å². The third-order valence-electron chi connectivity index (χ3n) is 2.99. The van der Waals surface area contributed by atoms with E-state index in [4.69, 9.17) is 5.73 Å². The molecule has 1 aliphatic carbocycles. The molecule has 0 aliphatic heterocycles. The number of nitrogen functional groups attached to an aromatic ring is 1. The van der Waals surface area contributed by atoms with Crippen molar-refractivity contribution in [2.45, 2.75) is 26.3 Å². The molecule has 0 amide bonds. The van der Waals surface area contributed by atoms with Gasteiger partial charge in [-0.1, -0.05) is 6.92 Å². The van der Waals surface area contributed by atoms with Crippen LogP contribution >= 0.6 is 15.9 Å². The Labute approximate surface area is 97.4 Å². The Bertz CT molecular complexity index is 421. The van der Waals surface area contributed by atoms with Gasteiger partial charge in [0, 0.05) is 18.4 Å². The molecule has 0 atom stereocenters. The fourth-order valence-electron chi connectivity index (χ4n) is 2.25. The molecule has 0 unspecified atom stereocenters. The summed E-state index contributed by atoms with van der Waals surface area (Å²) in [4.78, 5) is 11.7. The standard InChI is InChI=1S/C11H15BrN2O/c1-7-2-8(3-7)5-14-6-9(13)4-10(12)11(14)15/h4,6-8H,2-3,5,13H2,1H3. The van der Waals surface area contributed by atoms with E-state index in [1.807, 2.05) is 0 Å². The van der Waals surface area contributed by atoms with E-state index in [2.05, 4.69) is 22.9 Å². The van der Waals surface area contributed by atoms with E-state index in [-0.39, 0.29) is 5.56 Å². The minimum atomic E-state index is 0.0174. The first kappa shape index (κ1) is 10.7. The van der Waals surface area contributed by atoms with Gasteiger partial charge in [0.1, 0.15) is 0 Å². The third-order valence-corrected chi connectivity index (χ3v) is 3.56. The average Bonchev–Trinajstić information content (AvgIpc) is 2.10. The molecule has 1 heterocycles. The lowest BCUT2D eigenvalue weighted by atomic mass is 9.76. The topological polar surface area (TPSA) is 48.0 Å². The van der Waals surface area contributed by atoms with Crippen molar-refractivity contribution in [1.82, 2.24) is 4.57 Å². The van der Waals surface area contributed by atoms with Gasteiger partial charge < -0.3 is 10.3 Å². The summed E-state index contributed by atoms with van der Waals surface area (Å²) in [6.07, 6.45) is 4.17. The molecule has 0 saturated heterocycles.